The average molecular weight is 261 g/mol. The highest BCUT2D eigenvalue weighted by molar-refractivity contribution is 6.30. The van der Waals surface area contributed by atoms with Gasteiger partial charge in [0.05, 0.1) is 7.11 Å². The standard InChI is InChI=1S/C13H18Cl2O/c1-9(2)11(6-7-14)12-8-10(15)4-5-13(12)16-3/h4-5,8-9,11H,6-7H2,1-3H3. The molecular weight excluding hydrogens is 243 g/mol. The van der Waals surface area contributed by atoms with Crippen molar-refractivity contribution in [3.63, 3.8) is 0 Å². The Morgan fingerprint density at radius 3 is 2.50 bits per heavy atom. The predicted molar refractivity (Wildman–Crippen MR) is 70.9 cm³/mol. The molecule has 1 aromatic rings. The van der Waals surface area contributed by atoms with Gasteiger partial charge in [0.1, 0.15) is 5.75 Å². The summed E-state index contributed by atoms with van der Waals surface area (Å²) in [5.41, 5.74) is 1.16. The minimum absolute atomic E-state index is 0.395. The van der Waals surface area contributed by atoms with Crippen LogP contribution in [0.25, 0.3) is 0 Å². The molecule has 0 bridgehead atoms. The topological polar surface area (TPSA) is 9.23 Å². The second kappa shape index (κ2) is 6.36. The lowest BCUT2D eigenvalue weighted by Gasteiger charge is -2.22. The van der Waals surface area contributed by atoms with Crippen molar-refractivity contribution in [2.75, 3.05) is 13.0 Å². The number of methoxy groups -OCH3 is 1. The molecule has 1 unspecified atom stereocenters. The molecule has 0 aliphatic heterocycles. The van der Waals surface area contributed by atoms with Crippen LogP contribution in [0.15, 0.2) is 18.2 Å². The first-order valence-electron chi connectivity index (χ1n) is 5.49. The summed E-state index contributed by atoms with van der Waals surface area (Å²) in [7, 11) is 1.69. The maximum atomic E-state index is 6.03. The minimum atomic E-state index is 0.395. The lowest BCUT2D eigenvalue weighted by Crippen LogP contribution is -2.09. The molecule has 16 heavy (non-hydrogen) atoms. The summed E-state index contributed by atoms with van der Waals surface area (Å²) in [5, 5.41) is 0.746. The average Bonchev–Trinajstić information content (AvgIpc) is 2.25. The molecule has 0 aromatic heterocycles. The van der Waals surface area contributed by atoms with Crippen molar-refractivity contribution in [2.24, 2.45) is 5.92 Å². The van der Waals surface area contributed by atoms with Gasteiger partial charge in [0, 0.05) is 10.9 Å². The monoisotopic (exact) mass is 260 g/mol. The van der Waals surface area contributed by atoms with E-state index >= 15 is 0 Å². The molecule has 0 aliphatic carbocycles. The van der Waals surface area contributed by atoms with Crippen LogP contribution in [0.1, 0.15) is 31.7 Å². The van der Waals surface area contributed by atoms with Crippen LogP contribution in [0.2, 0.25) is 5.02 Å². The molecule has 1 nitrogen and oxygen atoms in total. The van der Waals surface area contributed by atoms with Crippen molar-refractivity contribution in [1.82, 2.24) is 0 Å². The Morgan fingerprint density at radius 1 is 1.31 bits per heavy atom. The number of halogens is 2. The van der Waals surface area contributed by atoms with Crippen LogP contribution < -0.4 is 4.74 Å². The zero-order chi connectivity index (χ0) is 12.1. The largest absolute Gasteiger partial charge is 0.496 e. The van der Waals surface area contributed by atoms with Crippen molar-refractivity contribution in [3.05, 3.63) is 28.8 Å². The van der Waals surface area contributed by atoms with Gasteiger partial charge in [0.15, 0.2) is 0 Å². The van der Waals surface area contributed by atoms with Gasteiger partial charge < -0.3 is 4.74 Å². The second-order valence-corrected chi connectivity index (χ2v) is 5.03. The molecule has 0 spiro atoms. The minimum Gasteiger partial charge on any atom is -0.496 e. The summed E-state index contributed by atoms with van der Waals surface area (Å²) in [5.74, 6) is 2.46. The first-order chi connectivity index (χ1) is 7.60. The summed E-state index contributed by atoms with van der Waals surface area (Å²) in [4.78, 5) is 0. The fourth-order valence-electron chi connectivity index (χ4n) is 1.96. The quantitative estimate of drug-likeness (QED) is 0.697. The number of rotatable bonds is 5. The summed E-state index contributed by atoms with van der Waals surface area (Å²) < 4.78 is 5.38. The molecule has 3 heteroatoms. The molecule has 90 valence electrons. The molecular formula is C13H18Cl2O. The van der Waals surface area contributed by atoms with Gasteiger partial charge in [-0.3, -0.25) is 0 Å². The Bertz CT molecular complexity index is 337. The van der Waals surface area contributed by atoms with Gasteiger partial charge in [0.25, 0.3) is 0 Å². The fraction of sp³-hybridized carbons (Fsp3) is 0.538. The lowest BCUT2D eigenvalue weighted by molar-refractivity contribution is 0.392. The first kappa shape index (κ1) is 13.7. The molecule has 0 fully saturated rings. The van der Waals surface area contributed by atoms with Gasteiger partial charge >= 0.3 is 0 Å². The molecule has 0 heterocycles. The van der Waals surface area contributed by atoms with Gasteiger partial charge in [-0.15, -0.1) is 11.6 Å². The van der Waals surface area contributed by atoms with E-state index < -0.39 is 0 Å². The number of hydrogen-bond donors (Lipinski definition) is 0. The molecule has 0 saturated carbocycles. The zero-order valence-corrected chi connectivity index (χ0v) is 11.5. The van der Waals surface area contributed by atoms with E-state index in [1.54, 1.807) is 7.11 Å². The van der Waals surface area contributed by atoms with Crippen LogP contribution >= 0.6 is 23.2 Å². The summed E-state index contributed by atoms with van der Waals surface area (Å²) in [6, 6.07) is 5.75. The maximum absolute atomic E-state index is 6.03. The van der Waals surface area contributed by atoms with E-state index in [-0.39, 0.29) is 0 Å². The Hall–Kier alpha value is -0.400. The zero-order valence-electron chi connectivity index (χ0n) is 9.97. The van der Waals surface area contributed by atoms with Crippen LogP contribution in [0.3, 0.4) is 0 Å². The Morgan fingerprint density at radius 2 is 2.00 bits per heavy atom. The van der Waals surface area contributed by atoms with Gasteiger partial charge in [-0.25, -0.2) is 0 Å². The van der Waals surface area contributed by atoms with Crippen LogP contribution in [0, 0.1) is 5.92 Å². The lowest BCUT2D eigenvalue weighted by atomic mass is 9.86. The Kier molecular flexibility index (Phi) is 5.43. The molecule has 0 saturated heterocycles. The predicted octanol–water partition coefficient (Wildman–Crippen LogP) is 4.72. The number of benzene rings is 1. The Balaban J connectivity index is 3.10. The molecule has 0 amide bonds. The normalized spacial score (nSPS) is 12.9. The number of ether oxygens (including phenoxy) is 1. The van der Waals surface area contributed by atoms with Crippen LogP contribution in [0.4, 0.5) is 0 Å². The highest BCUT2D eigenvalue weighted by Crippen LogP contribution is 2.36. The van der Waals surface area contributed by atoms with E-state index in [0.29, 0.717) is 17.7 Å². The summed E-state index contributed by atoms with van der Waals surface area (Å²) in [6.07, 6.45) is 0.940. The molecule has 0 N–H and O–H groups in total. The molecule has 0 aliphatic rings. The van der Waals surface area contributed by atoms with Gasteiger partial charge in [-0.1, -0.05) is 25.4 Å². The van der Waals surface area contributed by atoms with Crippen molar-refractivity contribution in [2.45, 2.75) is 26.2 Å². The van der Waals surface area contributed by atoms with Crippen molar-refractivity contribution >= 4 is 23.2 Å². The van der Waals surface area contributed by atoms with Crippen molar-refractivity contribution in [1.29, 1.82) is 0 Å². The third-order valence-electron chi connectivity index (χ3n) is 2.82. The number of hydrogen-bond acceptors (Lipinski definition) is 1. The second-order valence-electron chi connectivity index (χ2n) is 4.21. The van der Waals surface area contributed by atoms with Gasteiger partial charge in [-0.05, 0) is 42.0 Å². The summed E-state index contributed by atoms with van der Waals surface area (Å²) >= 11 is 11.9. The smallest absolute Gasteiger partial charge is 0.122 e. The maximum Gasteiger partial charge on any atom is 0.122 e. The van der Waals surface area contributed by atoms with Crippen LogP contribution in [-0.4, -0.2) is 13.0 Å². The van der Waals surface area contributed by atoms with Gasteiger partial charge in [0.2, 0.25) is 0 Å². The van der Waals surface area contributed by atoms with E-state index in [1.807, 2.05) is 18.2 Å². The number of alkyl halides is 1. The van der Waals surface area contributed by atoms with Gasteiger partial charge in [-0.2, -0.15) is 0 Å². The third-order valence-corrected chi connectivity index (χ3v) is 3.27. The fourth-order valence-corrected chi connectivity index (χ4v) is 2.38. The molecule has 1 rings (SSSR count). The SMILES string of the molecule is COc1ccc(Cl)cc1C(CCCl)C(C)C. The third kappa shape index (κ3) is 3.29. The first-order valence-corrected chi connectivity index (χ1v) is 6.40. The van der Waals surface area contributed by atoms with E-state index in [0.717, 1.165) is 22.8 Å². The highest BCUT2D eigenvalue weighted by Gasteiger charge is 2.19. The van der Waals surface area contributed by atoms with Crippen molar-refractivity contribution < 1.29 is 4.74 Å². The summed E-state index contributed by atoms with van der Waals surface area (Å²) in [6.45, 7) is 4.38. The van der Waals surface area contributed by atoms with E-state index in [4.69, 9.17) is 27.9 Å². The van der Waals surface area contributed by atoms with Crippen LogP contribution in [-0.2, 0) is 0 Å². The van der Waals surface area contributed by atoms with E-state index in [2.05, 4.69) is 13.8 Å². The van der Waals surface area contributed by atoms with E-state index in [1.165, 1.54) is 0 Å². The highest BCUT2D eigenvalue weighted by atomic mass is 35.5. The van der Waals surface area contributed by atoms with Crippen molar-refractivity contribution in [3.8, 4) is 5.75 Å². The molecule has 1 atom stereocenters. The Labute approximate surface area is 108 Å². The van der Waals surface area contributed by atoms with E-state index in [9.17, 15) is 0 Å². The molecule has 1 aromatic carbocycles. The molecule has 0 radical (unpaired) electrons. The van der Waals surface area contributed by atoms with Crippen LogP contribution in [0.5, 0.6) is 5.75 Å².